The second-order valence-electron chi connectivity index (χ2n) is 6.99. The van der Waals surface area contributed by atoms with E-state index in [4.69, 9.17) is 4.74 Å². The molecule has 160 valence electrons. The summed E-state index contributed by atoms with van der Waals surface area (Å²) in [5, 5.41) is 17.9. The number of ether oxygens (including phenoxy) is 1. The van der Waals surface area contributed by atoms with Crippen molar-refractivity contribution in [3.63, 3.8) is 0 Å². The predicted octanol–water partition coefficient (Wildman–Crippen LogP) is 1.83. The molecule has 0 aliphatic carbocycles. The SMILES string of the molecule is COc1ccc([N+](=O)[O-])cc1NC(=O)C1CCCN(c2cc(-n3cncn3)ncn2)C1. The fraction of sp³-hybridized carbons (Fsp3) is 0.316. The maximum absolute atomic E-state index is 12.9. The van der Waals surface area contributed by atoms with Crippen LogP contribution in [-0.2, 0) is 4.79 Å². The molecule has 0 bridgehead atoms. The maximum Gasteiger partial charge on any atom is 0.271 e. The summed E-state index contributed by atoms with van der Waals surface area (Å²) in [6.45, 7) is 1.20. The van der Waals surface area contributed by atoms with Crippen LogP contribution in [0, 0.1) is 16.0 Å². The summed E-state index contributed by atoms with van der Waals surface area (Å²) in [6, 6.07) is 5.89. The van der Waals surface area contributed by atoms with E-state index in [2.05, 4.69) is 25.4 Å². The van der Waals surface area contributed by atoms with Crippen LogP contribution in [0.25, 0.3) is 5.82 Å². The van der Waals surface area contributed by atoms with Gasteiger partial charge in [-0.3, -0.25) is 14.9 Å². The van der Waals surface area contributed by atoms with E-state index in [0.29, 0.717) is 30.4 Å². The van der Waals surface area contributed by atoms with E-state index >= 15 is 0 Å². The first-order valence-electron chi connectivity index (χ1n) is 9.60. The van der Waals surface area contributed by atoms with Crippen LogP contribution in [0.1, 0.15) is 12.8 Å². The topological polar surface area (TPSA) is 141 Å². The molecule has 4 rings (SSSR count). The molecule has 0 spiro atoms. The largest absolute Gasteiger partial charge is 0.495 e. The number of nitro groups is 1. The molecule has 3 aromatic rings. The molecule has 1 aliphatic heterocycles. The zero-order valence-electron chi connectivity index (χ0n) is 16.7. The molecule has 12 nitrogen and oxygen atoms in total. The summed E-state index contributed by atoms with van der Waals surface area (Å²) in [6.07, 6.45) is 5.91. The van der Waals surface area contributed by atoms with Gasteiger partial charge < -0.3 is 15.0 Å². The lowest BCUT2D eigenvalue weighted by atomic mass is 9.97. The number of aromatic nitrogens is 5. The van der Waals surface area contributed by atoms with Crippen molar-refractivity contribution in [2.75, 3.05) is 30.4 Å². The minimum absolute atomic E-state index is 0.122. The minimum atomic E-state index is -0.515. The van der Waals surface area contributed by atoms with Crippen molar-refractivity contribution in [2.24, 2.45) is 5.92 Å². The van der Waals surface area contributed by atoms with Crippen LogP contribution in [0.5, 0.6) is 5.75 Å². The summed E-state index contributed by atoms with van der Waals surface area (Å²) in [5.74, 6) is 1.08. The van der Waals surface area contributed by atoms with Crippen molar-refractivity contribution in [3.05, 3.63) is 53.4 Å². The predicted molar refractivity (Wildman–Crippen MR) is 110 cm³/mol. The molecule has 12 heteroatoms. The summed E-state index contributed by atoms with van der Waals surface area (Å²) < 4.78 is 6.76. The number of rotatable bonds is 6. The smallest absolute Gasteiger partial charge is 0.271 e. The van der Waals surface area contributed by atoms with E-state index in [9.17, 15) is 14.9 Å². The first-order chi connectivity index (χ1) is 15.0. The fourth-order valence-electron chi connectivity index (χ4n) is 3.50. The summed E-state index contributed by atoms with van der Waals surface area (Å²) >= 11 is 0. The monoisotopic (exact) mass is 424 g/mol. The number of amides is 1. The lowest BCUT2D eigenvalue weighted by Gasteiger charge is -2.33. The fourth-order valence-corrected chi connectivity index (χ4v) is 3.50. The van der Waals surface area contributed by atoms with Crippen LogP contribution in [0.2, 0.25) is 0 Å². The van der Waals surface area contributed by atoms with E-state index in [1.54, 1.807) is 12.4 Å². The number of methoxy groups -OCH3 is 1. The number of non-ortho nitro benzene ring substituents is 1. The van der Waals surface area contributed by atoms with Gasteiger partial charge in [0.1, 0.15) is 30.5 Å². The summed E-state index contributed by atoms with van der Waals surface area (Å²) in [4.78, 5) is 38.0. The molecule has 2 aromatic heterocycles. The number of nitrogens with zero attached hydrogens (tertiary/aromatic N) is 7. The number of carbonyl (C=O) groups excluding carboxylic acids is 1. The molecule has 1 atom stereocenters. The number of benzene rings is 1. The van der Waals surface area contributed by atoms with Gasteiger partial charge in [-0.15, -0.1) is 0 Å². The Bertz CT molecular complexity index is 1090. The highest BCUT2D eigenvalue weighted by Crippen LogP contribution is 2.30. The zero-order valence-corrected chi connectivity index (χ0v) is 16.7. The molecule has 1 unspecified atom stereocenters. The number of anilines is 2. The molecular weight excluding hydrogens is 404 g/mol. The van der Waals surface area contributed by atoms with Crippen LogP contribution < -0.4 is 15.0 Å². The second kappa shape index (κ2) is 8.73. The molecule has 0 radical (unpaired) electrons. The lowest BCUT2D eigenvalue weighted by molar-refractivity contribution is -0.384. The normalized spacial score (nSPS) is 16.0. The average molecular weight is 424 g/mol. The van der Waals surface area contributed by atoms with Crippen molar-refractivity contribution in [3.8, 4) is 11.6 Å². The minimum Gasteiger partial charge on any atom is -0.495 e. The van der Waals surface area contributed by atoms with Crippen LogP contribution >= 0.6 is 0 Å². The van der Waals surface area contributed by atoms with Crippen LogP contribution in [0.4, 0.5) is 17.2 Å². The van der Waals surface area contributed by atoms with Crippen molar-refractivity contribution in [2.45, 2.75) is 12.8 Å². The van der Waals surface area contributed by atoms with Gasteiger partial charge in [0.15, 0.2) is 5.82 Å². The Kier molecular flexibility index (Phi) is 5.69. The van der Waals surface area contributed by atoms with Gasteiger partial charge in [-0.1, -0.05) is 0 Å². The maximum atomic E-state index is 12.9. The third kappa shape index (κ3) is 4.42. The average Bonchev–Trinajstić information content (AvgIpc) is 3.34. The van der Waals surface area contributed by atoms with Crippen LogP contribution in [-0.4, -0.2) is 55.8 Å². The quantitative estimate of drug-likeness (QED) is 0.463. The van der Waals surface area contributed by atoms with E-state index < -0.39 is 4.92 Å². The molecular formula is C19H20N8O4. The highest BCUT2D eigenvalue weighted by Gasteiger charge is 2.28. The molecule has 3 heterocycles. The molecule has 1 aromatic carbocycles. The van der Waals surface area contributed by atoms with Gasteiger partial charge in [-0.2, -0.15) is 5.10 Å². The zero-order chi connectivity index (χ0) is 21.8. The van der Waals surface area contributed by atoms with Gasteiger partial charge in [0, 0.05) is 31.3 Å². The molecule has 1 amide bonds. The molecule has 1 saturated heterocycles. The van der Waals surface area contributed by atoms with Crippen molar-refractivity contribution >= 4 is 23.1 Å². The first-order valence-corrected chi connectivity index (χ1v) is 9.60. The molecule has 1 fully saturated rings. The number of hydrogen-bond acceptors (Lipinski definition) is 9. The third-order valence-electron chi connectivity index (χ3n) is 5.06. The molecule has 1 N–H and O–H groups in total. The van der Waals surface area contributed by atoms with Gasteiger partial charge in [0.2, 0.25) is 5.91 Å². The van der Waals surface area contributed by atoms with Crippen LogP contribution in [0.3, 0.4) is 0 Å². The standard InChI is InChI=1S/C19H20N8O4/c1-31-16-5-4-14(27(29)30)7-15(16)24-19(28)13-3-2-6-25(9-13)17-8-18(22-11-21-17)26-12-20-10-23-26/h4-5,7-8,10-13H,2-3,6,9H2,1H3,(H,24,28). The lowest BCUT2D eigenvalue weighted by Crippen LogP contribution is -2.41. The number of piperidine rings is 1. The van der Waals surface area contributed by atoms with Gasteiger partial charge in [-0.05, 0) is 18.9 Å². The van der Waals surface area contributed by atoms with E-state index in [1.165, 1.54) is 42.6 Å². The number of hydrogen-bond donors (Lipinski definition) is 1. The second-order valence-corrected chi connectivity index (χ2v) is 6.99. The van der Waals surface area contributed by atoms with Crippen molar-refractivity contribution in [1.29, 1.82) is 0 Å². The number of carbonyl (C=O) groups is 1. The summed E-state index contributed by atoms with van der Waals surface area (Å²) in [7, 11) is 1.45. The highest BCUT2D eigenvalue weighted by molar-refractivity contribution is 5.94. The van der Waals surface area contributed by atoms with Gasteiger partial charge in [-0.25, -0.2) is 19.6 Å². The Balaban J connectivity index is 1.49. The van der Waals surface area contributed by atoms with E-state index in [0.717, 1.165) is 13.0 Å². The van der Waals surface area contributed by atoms with Crippen LogP contribution in [0.15, 0.2) is 43.2 Å². The molecule has 1 aliphatic rings. The summed E-state index contributed by atoms with van der Waals surface area (Å²) in [5.41, 5.74) is 0.150. The molecule has 0 saturated carbocycles. The van der Waals surface area contributed by atoms with E-state index in [-0.39, 0.29) is 23.2 Å². The Labute approximate surface area is 177 Å². The Morgan fingerprint density at radius 1 is 1.26 bits per heavy atom. The Hall–Kier alpha value is -4.09. The van der Waals surface area contributed by atoms with Gasteiger partial charge in [0.05, 0.1) is 23.6 Å². The Morgan fingerprint density at radius 3 is 2.84 bits per heavy atom. The third-order valence-corrected chi connectivity index (χ3v) is 5.06. The van der Waals surface area contributed by atoms with Gasteiger partial charge in [0.25, 0.3) is 5.69 Å². The van der Waals surface area contributed by atoms with Crippen molar-refractivity contribution in [1.82, 2.24) is 24.7 Å². The first kappa shape index (κ1) is 20.2. The van der Waals surface area contributed by atoms with E-state index in [1.807, 2.05) is 4.90 Å². The van der Waals surface area contributed by atoms with Crippen molar-refractivity contribution < 1.29 is 14.5 Å². The number of nitro benzene ring substituents is 1. The highest BCUT2D eigenvalue weighted by atomic mass is 16.6. The Morgan fingerprint density at radius 2 is 2.10 bits per heavy atom. The molecule has 31 heavy (non-hydrogen) atoms. The van der Waals surface area contributed by atoms with Gasteiger partial charge >= 0.3 is 0 Å². The number of nitrogens with one attached hydrogen (secondary N) is 1.